The second-order valence-corrected chi connectivity index (χ2v) is 8.65. The molecule has 1 saturated heterocycles. The third-order valence-corrected chi connectivity index (χ3v) is 6.21. The van der Waals surface area contributed by atoms with E-state index in [1.165, 1.54) is 0 Å². The molecular weight excluding hydrogens is 470 g/mol. The van der Waals surface area contributed by atoms with E-state index in [0.717, 1.165) is 16.0 Å². The third-order valence-electron chi connectivity index (χ3n) is 5.52. The van der Waals surface area contributed by atoms with Crippen molar-refractivity contribution in [2.45, 2.75) is 18.9 Å². The Balaban J connectivity index is 1.49. The number of nitrogens with zero attached hydrogens (tertiary/aromatic N) is 1. The van der Waals surface area contributed by atoms with Crippen molar-refractivity contribution in [3.63, 3.8) is 0 Å². The van der Waals surface area contributed by atoms with Crippen LogP contribution in [0.3, 0.4) is 0 Å². The SMILES string of the molecule is CC1(c2ccccc2Br)NC(=O)N(CC(=O)Nc2ccccc2Cc2ccccc2)C1=O. The molecule has 0 radical (unpaired) electrons. The van der Waals surface area contributed by atoms with Gasteiger partial charge in [0.25, 0.3) is 5.91 Å². The molecule has 1 aliphatic rings. The molecule has 1 heterocycles. The van der Waals surface area contributed by atoms with Gasteiger partial charge in [0, 0.05) is 15.7 Å². The molecule has 32 heavy (non-hydrogen) atoms. The van der Waals surface area contributed by atoms with Gasteiger partial charge in [0.05, 0.1) is 0 Å². The van der Waals surface area contributed by atoms with Crippen molar-refractivity contribution < 1.29 is 14.4 Å². The maximum atomic E-state index is 13.1. The van der Waals surface area contributed by atoms with Crippen molar-refractivity contribution in [1.82, 2.24) is 10.2 Å². The lowest BCUT2D eigenvalue weighted by Crippen LogP contribution is -2.42. The zero-order valence-electron chi connectivity index (χ0n) is 17.5. The number of carbonyl (C=O) groups is 3. The molecule has 0 bridgehead atoms. The van der Waals surface area contributed by atoms with Gasteiger partial charge in [0.1, 0.15) is 12.1 Å². The lowest BCUT2D eigenvalue weighted by molar-refractivity contribution is -0.133. The van der Waals surface area contributed by atoms with Crippen LogP contribution in [0.5, 0.6) is 0 Å². The maximum absolute atomic E-state index is 13.1. The Morgan fingerprint density at radius 1 is 0.969 bits per heavy atom. The van der Waals surface area contributed by atoms with Crippen LogP contribution in [-0.2, 0) is 21.5 Å². The van der Waals surface area contributed by atoms with Crippen molar-refractivity contribution in [1.29, 1.82) is 0 Å². The topological polar surface area (TPSA) is 78.5 Å². The summed E-state index contributed by atoms with van der Waals surface area (Å²) in [5.74, 6) is -0.910. The molecule has 4 amide bonds. The van der Waals surface area contributed by atoms with E-state index in [-0.39, 0.29) is 6.54 Å². The monoisotopic (exact) mass is 491 g/mol. The fourth-order valence-corrected chi connectivity index (χ4v) is 4.52. The molecule has 0 aromatic heterocycles. The lowest BCUT2D eigenvalue weighted by atomic mass is 9.92. The molecule has 1 unspecified atom stereocenters. The second-order valence-electron chi connectivity index (χ2n) is 7.79. The number of rotatable bonds is 6. The second kappa shape index (κ2) is 8.96. The zero-order chi connectivity index (χ0) is 22.7. The van der Waals surface area contributed by atoms with Gasteiger partial charge in [-0.25, -0.2) is 4.79 Å². The normalized spacial score (nSPS) is 17.9. The molecule has 6 nitrogen and oxygen atoms in total. The van der Waals surface area contributed by atoms with E-state index in [1.54, 1.807) is 25.1 Å². The summed E-state index contributed by atoms with van der Waals surface area (Å²) in [6, 6.07) is 24.0. The minimum absolute atomic E-state index is 0.371. The van der Waals surface area contributed by atoms with E-state index in [1.807, 2.05) is 60.7 Å². The van der Waals surface area contributed by atoms with Gasteiger partial charge in [0.15, 0.2) is 0 Å². The Morgan fingerprint density at radius 2 is 1.62 bits per heavy atom. The Morgan fingerprint density at radius 3 is 2.38 bits per heavy atom. The highest BCUT2D eigenvalue weighted by molar-refractivity contribution is 9.10. The number of carbonyl (C=O) groups excluding carboxylic acids is 3. The molecule has 3 aromatic carbocycles. The van der Waals surface area contributed by atoms with Crippen LogP contribution in [0.25, 0.3) is 0 Å². The summed E-state index contributed by atoms with van der Waals surface area (Å²) in [6.07, 6.45) is 0.653. The van der Waals surface area contributed by atoms with E-state index in [2.05, 4.69) is 26.6 Å². The van der Waals surface area contributed by atoms with Crippen LogP contribution in [0.4, 0.5) is 10.5 Å². The van der Waals surface area contributed by atoms with Crippen LogP contribution in [-0.4, -0.2) is 29.3 Å². The van der Waals surface area contributed by atoms with Crippen molar-refractivity contribution in [2.24, 2.45) is 0 Å². The number of halogens is 1. The molecule has 7 heteroatoms. The molecule has 0 saturated carbocycles. The zero-order valence-corrected chi connectivity index (χ0v) is 19.1. The predicted octanol–water partition coefficient (Wildman–Crippen LogP) is 4.45. The molecule has 2 N–H and O–H groups in total. The molecule has 4 rings (SSSR count). The van der Waals surface area contributed by atoms with Gasteiger partial charge >= 0.3 is 6.03 Å². The van der Waals surface area contributed by atoms with Crippen molar-refractivity contribution in [2.75, 3.05) is 11.9 Å². The van der Waals surface area contributed by atoms with E-state index < -0.39 is 23.4 Å². The van der Waals surface area contributed by atoms with Crippen LogP contribution in [0.15, 0.2) is 83.3 Å². The smallest absolute Gasteiger partial charge is 0.324 e. The lowest BCUT2D eigenvalue weighted by Gasteiger charge is -2.23. The van der Waals surface area contributed by atoms with Gasteiger partial charge in [-0.2, -0.15) is 0 Å². The van der Waals surface area contributed by atoms with Crippen LogP contribution >= 0.6 is 15.9 Å². The summed E-state index contributed by atoms with van der Waals surface area (Å²) in [5, 5.41) is 5.58. The standard InChI is InChI=1S/C25H22BrN3O3/c1-25(19-12-6-7-13-20(19)26)23(31)29(24(32)28-25)16-22(30)27-21-14-8-5-11-18(21)15-17-9-3-2-4-10-17/h2-14H,15-16H2,1H3,(H,27,30)(H,28,32). The Bertz CT molecular complexity index is 1180. The van der Waals surface area contributed by atoms with Gasteiger partial charge in [-0.05, 0) is 36.6 Å². The highest BCUT2D eigenvalue weighted by atomic mass is 79.9. The molecular formula is C25H22BrN3O3. The number of urea groups is 1. The number of amides is 4. The Labute approximate surface area is 194 Å². The quantitative estimate of drug-likeness (QED) is 0.500. The number of hydrogen-bond donors (Lipinski definition) is 2. The number of anilines is 1. The van der Waals surface area contributed by atoms with Crippen LogP contribution in [0, 0.1) is 0 Å². The molecule has 0 spiro atoms. The van der Waals surface area contributed by atoms with Gasteiger partial charge in [-0.15, -0.1) is 0 Å². The first-order valence-electron chi connectivity index (χ1n) is 10.2. The van der Waals surface area contributed by atoms with Crippen LogP contribution in [0.1, 0.15) is 23.6 Å². The van der Waals surface area contributed by atoms with Gasteiger partial charge < -0.3 is 10.6 Å². The van der Waals surface area contributed by atoms with Crippen molar-refractivity contribution in [3.8, 4) is 0 Å². The minimum atomic E-state index is -1.25. The van der Waals surface area contributed by atoms with Crippen molar-refractivity contribution in [3.05, 3.63) is 100 Å². The number of hydrogen-bond acceptors (Lipinski definition) is 3. The van der Waals surface area contributed by atoms with Crippen LogP contribution in [0.2, 0.25) is 0 Å². The van der Waals surface area contributed by atoms with E-state index in [4.69, 9.17) is 0 Å². The maximum Gasteiger partial charge on any atom is 0.325 e. The van der Waals surface area contributed by atoms with E-state index in [0.29, 0.717) is 22.1 Å². The van der Waals surface area contributed by atoms with Gasteiger partial charge in [-0.1, -0.05) is 82.7 Å². The van der Waals surface area contributed by atoms with Crippen LogP contribution < -0.4 is 10.6 Å². The first-order chi connectivity index (χ1) is 15.4. The van der Waals surface area contributed by atoms with Gasteiger partial charge in [-0.3, -0.25) is 14.5 Å². The molecule has 162 valence electrons. The number of para-hydroxylation sites is 1. The van der Waals surface area contributed by atoms with E-state index in [9.17, 15) is 14.4 Å². The fourth-order valence-electron chi connectivity index (χ4n) is 3.84. The predicted molar refractivity (Wildman–Crippen MR) is 126 cm³/mol. The highest BCUT2D eigenvalue weighted by Crippen LogP contribution is 2.33. The first-order valence-corrected chi connectivity index (χ1v) is 11.0. The number of benzene rings is 3. The Hall–Kier alpha value is -3.45. The molecule has 3 aromatic rings. The van der Waals surface area contributed by atoms with E-state index >= 15 is 0 Å². The summed E-state index contributed by atoms with van der Waals surface area (Å²) in [4.78, 5) is 39.4. The molecule has 0 aliphatic carbocycles. The molecule has 1 atom stereocenters. The molecule has 1 aliphatic heterocycles. The average Bonchev–Trinajstić information content (AvgIpc) is 3.00. The summed E-state index contributed by atoms with van der Waals surface area (Å²) in [5.41, 5.74) is 2.11. The number of imide groups is 1. The van der Waals surface area contributed by atoms with Gasteiger partial charge in [0.2, 0.25) is 5.91 Å². The fraction of sp³-hybridized carbons (Fsp3) is 0.160. The summed E-state index contributed by atoms with van der Waals surface area (Å²) in [7, 11) is 0. The van der Waals surface area contributed by atoms with Crippen molar-refractivity contribution >= 4 is 39.5 Å². The highest BCUT2D eigenvalue weighted by Gasteiger charge is 2.50. The minimum Gasteiger partial charge on any atom is -0.324 e. The summed E-state index contributed by atoms with van der Waals surface area (Å²) in [6.45, 7) is 1.27. The summed E-state index contributed by atoms with van der Waals surface area (Å²) < 4.78 is 0.706. The number of nitrogens with one attached hydrogen (secondary N) is 2. The first kappa shape index (κ1) is 21.8. The average molecular weight is 492 g/mol. The molecule has 1 fully saturated rings. The Kier molecular flexibility index (Phi) is 6.10. The third kappa shape index (κ3) is 4.29. The largest absolute Gasteiger partial charge is 0.325 e. The summed E-state index contributed by atoms with van der Waals surface area (Å²) >= 11 is 3.44.